The van der Waals surface area contributed by atoms with E-state index in [1.165, 1.54) is 0 Å². The standard InChI is InChI=1S/C9H18N2O4/c10-6(8(12)13)4-2-1-3-5-7(11)9(14)15/h6-7H,1-5,10-11H2,(H,12,13)(H,14,15)/t6-,7-/m0/s1. The van der Waals surface area contributed by atoms with E-state index in [-0.39, 0.29) is 0 Å². The third kappa shape index (κ3) is 6.87. The largest absolute Gasteiger partial charge is 0.480 e. The maximum absolute atomic E-state index is 10.3. The highest BCUT2D eigenvalue weighted by molar-refractivity contribution is 5.73. The fourth-order valence-corrected chi connectivity index (χ4v) is 1.15. The van der Waals surface area contributed by atoms with Gasteiger partial charge in [-0.3, -0.25) is 9.59 Å². The van der Waals surface area contributed by atoms with Crippen molar-refractivity contribution in [3.63, 3.8) is 0 Å². The van der Waals surface area contributed by atoms with Crippen LogP contribution in [0.4, 0.5) is 0 Å². The zero-order valence-electron chi connectivity index (χ0n) is 8.56. The number of unbranched alkanes of at least 4 members (excludes halogenated alkanes) is 2. The molecule has 0 radical (unpaired) electrons. The van der Waals surface area contributed by atoms with Crippen LogP contribution in [0, 0.1) is 0 Å². The van der Waals surface area contributed by atoms with Gasteiger partial charge in [0.25, 0.3) is 0 Å². The Morgan fingerprint density at radius 3 is 1.47 bits per heavy atom. The van der Waals surface area contributed by atoms with E-state index < -0.39 is 24.0 Å². The smallest absolute Gasteiger partial charge is 0.320 e. The Bertz CT molecular complexity index is 198. The monoisotopic (exact) mass is 218 g/mol. The van der Waals surface area contributed by atoms with Gasteiger partial charge in [0.15, 0.2) is 0 Å². The topological polar surface area (TPSA) is 127 Å². The highest BCUT2D eigenvalue weighted by Gasteiger charge is 2.12. The zero-order chi connectivity index (χ0) is 11.8. The van der Waals surface area contributed by atoms with E-state index in [1.807, 2.05) is 0 Å². The molecule has 2 atom stereocenters. The van der Waals surface area contributed by atoms with Crippen LogP contribution in [-0.2, 0) is 9.59 Å². The molecule has 0 aliphatic carbocycles. The maximum Gasteiger partial charge on any atom is 0.320 e. The van der Waals surface area contributed by atoms with Crippen molar-refractivity contribution in [1.29, 1.82) is 0 Å². The molecule has 88 valence electrons. The van der Waals surface area contributed by atoms with Gasteiger partial charge < -0.3 is 21.7 Å². The second-order valence-electron chi connectivity index (χ2n) is 3.53. The van der Waals surface area contributed by atoms with Crippen LogP contribution < -0.4 is 11.5 Å². The van der Waals surface area contributed by atoms with Crippen molar-refractivity contribution in [3.8, 4) is 0 Å². The minimum absolute atomic E-state index is 0.414. The molecular formula is C9H18N2O4. The van der Waals surface area contributed by atoms with E-state index in [1.54, 1.807) is 0 Å². The molecular weight excluding hydrogens is 200 g/mol. The summed E-state index contributed by atoms with van der Waals surface area (Å²) >= 11 is 0. The summed E-state index contributed by atoms with van der Waals surface area (Å²) in [5, 5.41) is 17.0. The molecule has 0 aromatic rings. The van der Waals surface area contributed by atoms with Gasteiger partial charge in [0, 0.05) is 0 Å². The first-order chi connectivity index (χ1) is 6.95. The minimum Gasteiger partial charge on any atom is -0.480 e. The predicted octanol–water partition coefficient (Wildman–Crippen LogP) is -0.239. The fourth-order valence-electron chi connectivity index (χ4n) is 1.15. The van der Waals surface area contributed by atoms with E-state index in [4.69, 9.17) is 21.7 Å². The molecule has 0 aromatic carbocycles. The lowest BCUT2D eigenvalue weighted by atomic mass is 10.1. The molecule has 0 saturated heterocycles. The zero-order valence-corrected chi connectivity index (χ0v) is 8.56. The van der Waals surface area contributed by atoms with Gasteiger partial charge in [0.05, 0.1) is 0 Å². The van der Waals surface area contributed by atoms with Gasteiger partial charge in [-0.25, -0.2) is 0 Å². The summed E-state index contributed by atoms with van der Waals surface area (Å²) in [6.45, 7) is 0. The van der Waals surface area contributed by atoms with Gasteiger partial charge >= 0.3 is 11.9 Å². The highest BCUT2D eigenvalue weighted by atomic mass is 16.4. The minimum atomic E-state index is -1.00. The van der Waals surface area contributed by atoms with Crippen LogP contribution in [0.5, 0.6) is 0 Å². The van der Waals surface area contributed by atoms with E-state index in [2.05, 4.69) is 0 Å². The Hall–Kier alpha value is -1.14. The molecule has 0 aromatic heterocycles. The molecule has 0 amide bonds. The van der Waals surface area contributed by atoms with Gasteiger partial charge in [0.2, 0.25) is 0 Å². The molecule has 0 rings (SSSR count). The quantitative estimate of drug-likeness (QED) is 0.416. The van der Waals surface area contributed by atoms with Crippen LogP contribution in [0.25, 0.3) is 0 Å². The van der Waals surface area contributed by atoms with Crippen molar-refractivity contribution in [2.24, 2.45) is 11.5 Å². The van der Waals surface area contributed by atoms with Crippen molar-refractivity contribution in [2.75, 3.05) is 0 Å². The first kappa shape index (κ1) is 13.9. The van der Waals surface area contributed by atoms with E-state index in [9.17, 15) is 9.59 Å². The summed E-state index contributed by atoms with van der Waals surface area (Å²) in [7, 11) is 0. The maximum atomic E-state index is 10.3. The molecule has 0 heterocycles. The molecule has 0 aliphatic heterocycles. The normalized spacial score (nSPS) is 14.5. The van der Waals surface area contributed by atoms with Gasteiger partial charge in [-0.2, -0.15) is 0 Å². The number of carboxylic acid groups (broad SMARTS) is 2. The second-order valence-corrected chi connectivity index (χ2v) is 3.53. The lowest BCUT2D eigenvalue weighted by Gasteiger charge is -2.07. The molecule has 6 nitrogen and oxygen atoms in total. The summed E-state index contributed by atoms with van der Waals surface area (Å²) in [5.74, 6) is -2.01. The molecule has 0 unspecified atom stereocenters. The van der Waals surface area contributed by atoms with Crippen LogP contribution in [-0.4, -0.2) is 34.2 Å². The number of carbonyl (C=O) groups is 2. The summed E-state index contributed by atoms with van der Waals surface area (Å²) in [6.07, 6.45) is 2.94. The lowest BCUT2D eigenvalue weighted by molar-refractivity contribution is -0.139. The Labute approximate surface area is 88.3 Å². The molecule has 15 heavy (non-hydrogen) atoms. The first-order valence-corrected chi connectivity index (χ1v) is 4.92. The Kier molecular flexibility index (Phi) is 6.64. The molecule has 0 saturated carbocycles. The Morgan fingerprint density at radius 1 is 0.867 bits per heavy atom. The van der Waals surface area contributed by atoms with Crippen molar-refractivity contribution in [3.05, 3.63) is 0 Å². The number of carboxylic acids is 2. The molecule has 0 bridgehead atoms. The number of hydrogen-bond donors (Lipinski definition) is 4. The van der Waals surface area contributed by atoms with E-state index in [0.29, 0.717) is 25.7 Å². The summed E-state index contributed by atoms with van der Waals surface area (Å²) in [6, 6.07) is -1.64. The van der Waals surface area contributed by atoms with Crippen molar-refractivity contribution in [1.82, 2.24) is 0 Å². The number of aliphatic carboxylic acids is 2. The number of rotatable bonds is 8. The van der Waals surface area contributed by atoms with E-state index in [0.717, 1.165) is 6.42 Å². The summed E-state index contributed by atoms with van der Waals surface area (Å²) in [5.41, 5.74) is 10.6. The van der Waals surface area contributed by atoms with Crippen LogP contribution in [0.3, 0.4) is 0 Å². The van der Waals surface area contributed by atoms with Crippen molar-refractivity contribution >= 4 is 11.9 Å². The molecule has 0 fully saturated rings. The SMILES string of the molecule is N[C@@H](CCCCC[C@H](N)C(=O)O)C(=O)O. The number of hydrogen-bond acceptors (Lipinski definition) is 4. The second kappa shape index (κ2) is 7.19. The average molecular weight is 218 g/mol. The van der Waals surface area contributed by atoms with Crippen molar-refractivity contribution in [2.45, 2.75) is 44.2 Å². The third-order valence-corrected chi connectivity index (χ3v) is 2.16. The van der Waals surface area contributed by atoms with Gasteiger partial charge in [-0.05, 0) is 12.8 Å². The molecule has 6 heteroatoms. The summed E-state index contributed by atoms with van der Waals surface area (Å²) < 4.78 is 0. The predicted molar refractivity (Wildman–Crippen MR) is 54.3 cm³/mol. The van der Waals surface area contributed by atoms with Gasteiger partial charge in [-0.15, -0.1) is 0 Å². The van der Waals surface area contributed by atoms with Crippen LogP contribution in [0.15, 0.2) is 0 Å². The van der Waals surface area contributed by atoms with Crippen LogP contribution in [0.1, 0.15) is 32.1 Å². The lowest BCUT2D eigenvalue weighted by Crippen LogP contribution is -2.30. The highest BCUT2D eigenvalue weighted by Crippen LogP contribution is 2.06. The average Bonchev–Trinajstić information content (AvgIpc) is 2.16. The molecule has 0 aliphatic rings. The fraction of sp³-hybridized carbons (Fsp3) is 0.778. The van der Waals surface area contributed by atoms with Crippen LogP contribution >= 0.6 is 0 Å². The number of nitrogens with two attached hydrogens (primary N) is 2. The molecule has 6 N–H and O–H groups in total. The first-order valence-electron chi connectivity index (χ1n) is 4.92. The Morgan fingerprint density at radius 2 is 1.20 bits per heavy atom. The third-order valence-electron chi connectivity index (χ3n) is 2.16. The Balaban J connectivity index is 3.40. The van der Waals surface area contributed by atoms with Crippen molar-refractivity contribution < 1.29 is 19.8 Å². The van der Waals surface area contributed by atoms with Crippen LogP contribution in [0.2, 0.25) is 0 Å². The van der Waals surface area contributed by atoms with Gasteiger partial charge in [0.1, 0.15) is 12.1 Å². The van der Waals surface area contributed by atoms with Gasteiger partial charge in [-0.1, -0.05) is 19.3 Å². The van der Waals surface area contributed by atoms with E-state index >= 15 is 0 Å². The summed E-state index contributed by atoms with van der Waals surface area (Å²) in [4.78, 5) is 20.7. The molecule has 0 spiro atoms.